The number of aromatic nitrogens is 4. The molecule has 0 saturated heterocycles. The van der Waals surface area contributed by atoms with Crippen LogP contribution < -0.4 is 0 Å². The number of rotatable bonds is 5. The van der Waals surface area contributed by atoms with E-state index in [1.54, 1.807) is 0 Å². The van der Waals surface area contributed by atoms with Gasteiger partial charge in [-0.3, -0.25) is 0 Å². The molecule has 2 heterocycles. The van der Waals surface area contributed by atoms with E-state index in [9.17, 15) is 0 Å². The van der Waals surface area contributed by atoms with Gasteiger partial charge in [-0.1, -0.05) is 140 Å². The molecular formula is C43H28N4. The predicted octanol–water partition coefficient (Wildman–Crippen LogP) is 10.8. The van der Waals surface area contributed by atoms with Crippen molar-refractivity contribution in [2.45, 2.75) is 0 Å². The van der Waals surface area contributed by atoms with E-state index in [-0.39, 0.29) is 0 Å². The Morgan fingerprint density at radius 2 is 0.809 bits per heavy atom. The molecule has 0 aliphatic carbocycles. The third-order valence-electron chi connectivity index (χ3n) is 8.86. The zero-order valence-electron chi connectivity index (χ0n) is 25.5. The average molecular weight is 601 g/mol. The number of benzene rings is 7. The van der Waals surface area contributed by atoms with Crippen molar-refractivity contribution in [2.24, 2.45) is 0 Å². The van der Waals surface area contributed by atoms with Gasteiger partial charge in [-0.25, -0.2) is 15.0 Å². The fourth-order valence-electron chi connectivity index (χ4n) is 6.67. The first-order chi connectivity index (χ1) is 23.3. The molecule has 9 aromatic rings. The van der Waals surface area contributed by atoms with Crippen LogP contribution in [-0.2, 0) is 0 Å². The van der Waals surface area contributed by atoms with Crippen LogP contribution in [0.1, 0.15) is 0 Å². The Morgan fingerprint density at radius 3 is 1.49 bits per heavy atom. The maximum absolute atomic E-state index is 5.15. The first-order valence-electron chi connectivity index (χ1n) is 15.8. The molecule has 7 aromatic carbocycles. The quantitative estimate of drug-likeness (QED) is 0.197. The molecule has 0 radical (unpaired) electrons. The lowest BCUT2D eigenvalue weighted by atomic mass is 10.0. The highest BCUT2D eigenvalue weighted by atomic mass is 15.0. The fraction of sp³-hybridized carbons (Fsp3) is 0. The molecule has 0 aliphatic rings. The molecule has 4 nitrogen and oxygen atoms in total. The van der Waals surface area contributed by atoms with Gasteiger partial charge in [0, 0.05) is 32.8 Å². The molecule has 0 bridgehead atoms. The Bertz CT molecular complexity index is 2520. The highest BCUT2D eigenvalue weighted by Gasteiger charge is 2.18. The zero-order valence-corrected chi connectivity index (χ0v) is 25.5. The second-order valence-electron chi connectivity index (χ2n) is 11.7. The predicted molar refractivity (Wildman–Crippen MR) is 193 cm³/mol. The molecule has 2 aromatic heterocycles. The van der Waals surface area contributed by atoms with E-state index < -0.39 is 0 Å². The van der Waals surface area contributed by atoms with Gasteiger partial charge in [-0.2, -0.15) is 0 Å². The van der Waals surface area contributed by atoms with Gasteiger partial charge >= 0.3 is 0 Å². The Balaban J connectivity index is 1.27. The summed E-state index contributed by atoms with van der Waals surface area (Å²) in [5.74, 6) is 1.93. The summed E-state index contributed by atoms with van der Waals surface area (Å²) in [7, 11) is 0. The summed E-state index contributed by atoms with van der Waals surface area (Å²) in [5, 5.41) is 4.69. The molecule has 9 rings (SSSR count). The van der Waals surface area contributed by atoms with E-state index in [1.165, 1.54) is 21.8 Å². The van der Waals surface area contributed by atoms with Crippen molar-refractivity contribution in [3.05, 3.63) is 170 Å². The smallest absolute Gasteiger partial charge is 0.164 e. The van der Waals surface area contributed by atoms with Gasteiger partial charge in [-0.05, 0) is 46.8 Å². The van der Waals surface area contributed by atoms with Crippen LogP contribution in [0.4, 0.5) is 0 Å². The zero-order chi connectivity index (χ0) is 31.2. The molecule has 47 heavy (non-hydrogen) atoms. The molecule has 0 fully saturated rings. The van der Waals surface area contributed by atoms with Crippen LogP contribution in [0, 0.1) is 0 Å². The molecule has 4 heteroatoms. The molecule has 0 atom stereocenters. The molecule has 220 valence electrons. The lowest BCUT2D eigenvalue weighted by molar-refractivity contribution is 1.08. The number of para-hydroxylation sites is 2. The van der Waals surface area contributed by atoms with Crippen LogP contribution in [0.3, 0.4) is 0 Å². The van der Waals surface area contributed by atoms with Crippen molar-refractivity contribution in [1.82, 2.24) is 19.5 Å². The van der Waals surface area contributed by atoms with Gasteiger partial charge in [0.1, 0.15) is 0 Å². The standard InChI is InChI=1S/C43H28N4/c1-3-14-29(15-4-1)31-18-13-19-32(28-31)42-44-41(30-16-5-2-6-17-30)45-43(46-42)37-26-27-40(34-21-8-7-20-33(34)37)47-38-24-11-9-22-35(38)36-23-10-12-25-39(36)47/h1-28H. The normalized spacial score (nSPS) is 11.4. The minimum absolute atomic E-state index is 0.641. The fourth-order valence-corrected chi connectivity index (χ4v) is 6.67. The SMILES string of the molecule is c1ccc(-c2cccc(-c3nc(-c4ccccc4)nc(-c4ccc(-n5c6ccccc6c6ccccc65)c5ccccc45)n3)c2)cc1. The number of fused-ring (bicyclic) bond motifs is 4. The van der Waals surface area contributed by atoms with Crippen LogP contribution in [-0.4, -0.2) is 19.5 Å². The highest BCUT2D eigenvalue weighted by molar-refractivity contribution is 6.11. The van der Waals surface area contributed by atoms with Crippen molar-refractivity contribution < 1.29 is 0 Å². The summed E-state index contributed by atoms with van der Waals surface area (Å²) < 4.78 is 2.38. The lowest BCUT2D eigenvalue weighted by Gasteiger charge is -2.15. The van der Waals surface area contributed by atoms with Gasteiger partial charge in [0.25, 0.3) is 0 Å². The average Bonchev–Trinajstić information content (AvgIpc) is 3.49. The largest absolute Gasteiger partial charge is 0.309 e. The summed E-state index contributed by atoms with van der Waals surface area (Å²) in [6, 6.07) is 59.1. The van der Waals surface area contributed by atoms with E-state index in [4.69, 9.17) is 15.0 Å². The number of hydrogen-bond acceptors (Lipinski definition) is 3. The van der Waals surface area contributed by atoms with Crippen LogP contribution >= 0.6 is 0 Å². The van der Waals surface area contributed by atoms with Gasteiger partial charge in [0.05, 0.1) is 16.7 Å². The lowest BCUT2D eigenvalue weighted by Crippen LogP contribution is -2.02. The Hall–Kier alpha value is -6.39. The Kier molecular flexibility index (Phi) is 6.43. The summed E-state index contributed by atoms with van der Waals surface area (Å²) in [4.78, 5) is 15.3. The molecule has 0 saturated carbocycles. The van der Waals surface area contributed by atoms with Gasteiger partial charge in [0.2, 0.25) is 0 Å². The molecule has 0 unspecified atom stereocenters. The second kappa shape index (κ2) is 11.2. The minimum Gasteiger partial charge on any atom is -0.309 e. The van der Waals surface area contributed by atoms with Crippen molar-refractivity contribution in [1.29, 1.82) is 0 Å². The van der Waals surface area contributed by atoms with Crippen LogP contribution in [0.15, 0.2) is 170 Å². The topological polar surface area (TPSA) is 43.6 Å². The Labute approximate surface area is 272 Å². The Morgan fingerprint density at radius 1 is 0.319 bits per heavy atom. The first-order valence-corrected chi connectivity index (χ1v) is 15.8. The number of hydrogen-bond donors (Lipinski definition) is 0. The van der Waals surface area contributed by atoms with Crippen LogP contribution in [0.2, 0.25) is 0 Å². The summed E-state index contributed by atoms with van der Waals surface area (Å²) in [5.41, 5.74) is 8.60. The molecule has 0 spiro atoms. The maximum atomic E-state index is 5.15. The van der Waals surface area contributed by atoms with Crippen LogP contribution in [0.25, 0.3) is 83.6 Å². The molecular weight excluding hydrogens is 573 g/mol. The van der Waals surface area contributed by atoms with Gasteiger partial charge in [0.15, 0.2) is 17.5 Å². The van der Waals surface area contributed by atoms with E-state index >= 15 is 0 Å². The summed E-state index contributed by atoms with van der Waals surface area (Å²) in [6.45, 7) is 0. The third kappa shape index (κ3) is 4.66. The highest BCUT2D eigenvalue weighted by Crippen LogP contribution is 2.38. The summed E-state index contributed by atoms with van der Waals surface area (Å²) in [6.07, 6.45) is 0. The molecule has 0 N–H and O–H groups in total. The first kappa shape index (κ1) is 27.0. The van der Waals surface area contributed by atoms with E-state index in [2.05, 4.69) is 138 Å². The van der Waals surface area contributed by atoms with Crippen molar-refractivity contribution >= 4 is 32.6 Å². The van der Waals surface area contributed by atoms with E-state index in [1.807, 2.05) is 36.4 Å². The van der Waals surface area contributed by atoms with Crippen molar-refractivity contribution in [3.8, 4) is 51.0 Å². The molecule has 0 amide bonds. The number of nitrogens with zero attached hydrogens (tertiary/aromatic N) is 4. The maximum Gasteiger partial charge on any atom is 0.164 e. The second-order valence-corrected chi connectivity index (χ2v) is 11.7. The van der Waals surface area contributed by atoms with Gasteiger partial charge < -0.3 is 4.57 Å². The summed E-state index contributed by atoms with van der Waals surface area (Å²) >= 11 is 0. The van der Waals surface area contributed by atoms with Crippen LogP contribution in [0.5, 0.6) is 0 Å². The third-order valence-corrected chi connectivity index (χ3v) is 8.86. The van der Waals surface area contributed by atoms with E-state index in [0.717, 1.165) is 44.3 Å². The monoisotopic (exact) mass is 600 g/mol. The van der Waals surface area contributed by atoms with Crippen molar-refractivity contribution in [3.63, 3.8) is 0 Å². The molecule has 0 aliphatic heterocycles. The van der Waals surface area contributed by atoms with Gasteiger partial charge in [-0.15, -0.1) is 0 Å². The van der Waals surface area contributed by atoms with E-state index in [0.29, 0.717) is 17.5 Å². The van der Waals surface area contributed by atoms with Crippen molar-refractivity contribution in [2.75, 3.05) is 0 Å². The minimum atomic E-state index is 0.641.